The van der Waals surface area contributed by atoms with Crippen LogP contribution in [0.1, 0.15) is 16.2 Å². The highest BCUT2D eigenvalue weighted by Crippen LogP contribution is 2.23. The molecule has 5 nitrogen and oxygen atoms in total. The summed E-state index contributed by atoms with van der Waals surface area (Å²) in [4.78, 5) is 15.4. The number of halogens is 1. The van der Waals surface area contributed by atoms with Gasteiger partial charge in [-0.3, -0.25) is 5.10 Å². The molecule has 2 N–H and O–H groups in total. The molecule has 0 aliphatic rings. The van der Waals surface area contributed by atoms with E-state index < -0.39 is 5.97 Å². The molecule has 0 saturated carbocycles. The van der Waals surface area contributed by atoms with Crippen LogP contribution in [0.3, 0.4) is 0 Å². The number of benzene rings is 1. The Morgan fingerprint density at radius 1 is 1.37 bits per heavy atom. The first kappa shape index (κ1) is 11.8. The number of fused-ring (bicyclic) bond motifs is 1. The third-order valence-electron chi connectivity index (χ3n) is 2.94. The second-order valence-electron chi connectivity index (χ2n) is 4.22. The van der Waals surface area contributed by atoms with Gasteiger partial charge in [-0.05, 0) is 24.6 Å². The number of rotatable bonds is 2. The van der Waals surface area contributed by atoms with Crippen LogP contribution >= 0.6 is 11.6 Å². The predicted octanol–water partition coefficient (Wildman–Crippen LogP) is 2.99. The van der Waals surface area contributed by atoms with E-state index in [0.29, 0.717) is 16.4 Å². The van der Waals surface area contributed by atoms with Gasteiger partial charge in [0.05, 0.1) is 11.4 Å². The Morgan fingerprint density at radius 3 is 2.68 bits per heavy atom. The molecule has 96 valence electrons. The summed E-state index contributed by atoms with van der Waals surface area (Å²) in [5.74, 6) is -1.01. The molecular formula is C13H10ClN3O2. The van der Waals surface area contributed by atoms with Gasteiger partial charge in [-0.1, -0.05) is 23.7 Å². The fraction of sp³-hybridized carbons (Fsp3) is 0.0769. The SMILES string of the molecule is Cc1nc2cc(-c3ccc(Cl)cc3)[nH]n2c1C(=O)O. The lowest BCUT2D eigenvalue weighted by molar-refractivity contribution is 0.0687. The highest BCUT2D eigenvalue weighted by molar-refractivity contribution is 6.30. The number of aromatic amines is 1. The molecule has 6 heteroatoms. The second kappa shape index (κ2) is 4.13. The molecule has 0 unspecified atom stereocenters. The maximum Gasteiger partial charge on any atom is 0.356 e. The zero-order valence-electron chi connectivity index (χ0n) is 10.0. The summed E-state index contributed by atoms with van der Waals surface area (Å²) in [6.07, 6.45) is 0. The van der Waals surface area contributed by atoms with E-state index in [2.05, 4.69) is 10.1 Å². The summed E-state index contributed by atoms with van der Waals surface area (Å²) in [5, 5.41) is 12.9. The van der Waals surface area contributed by atoms with Crippen LogP contribution in [0.5, 0.6) is 0 Å². The van der Waals surface area contributed by atoms with Gasteiger partial charge in [-0.25, -0.2) is 14.3 Å². The molecule has 0 saturated heterocycles. The number of aryl methyl sites for hydroxylation is 1. The standard InChI is InChI=1S/C13H10ClN3O2/c1-7-12(13(18)19)17-11(15-7)6-10(16-17)8-2-4-9(14)5-3-8/h2-6,16H,1H3,(H,18,19). The number of nitrogens with one attached hydrogen (secondary N) is 1. The highest BCUT2D eigenvalue weighted by Gasteiger charge is 2.17. The van der Waals surface area contributed by atoms with Gasteiger partial charge in [0.15, 0.2) is 11.3 Å². The third kappa shape index (κ3) is 1.88. The molecule has 0 fully saturated rings. The molecule has 0 bridgehead atoms. The first-order valence-electron chi connectivity index (χ1n) is 5.63. The van der Waals surface area contributed by atoms with Crippen molar-refractivity contribution in [3.63, 3.8) is 0 Å². The molecule has 1 aromatic carbocycles. The highest BCUT2D eigenvalue weighted by atomic mass is 35.5. The average Bonchev–Trinajstić information content (AvgIpc) is 2.85. The summed E-state index contributed by atoms with van der Waals surface area (Å²) < 4.78 is 1.47. The smallest absolute Gasteiger partial charge is 0.356 e. The van der Waals surface area contributed by atoms with Crippen molar-refractivity contribution >= 4 is 23.2 Å². The zero-order chi connectivity index (χ0) is 13.6. The van der Waals surface area contributed by atoms with Gasteiger partial charge in [0.25, 0.3) is 0 Å². The molecule has 0 aliphatic carbocycles. The maximum absolute atomic E-state index is 11.2. The Bertz CT molecular complexity index is 771. The number of nitrogens with zero attached hydrogens (tertiary/aromatic N) is 2. The average molecular weight is 276 g/mol. The van der Waals surface area contributed by atoms with Gasteiger partial charge in [-0.15, -0.1) is 0 Å². The van der Waals surface area contributed by atoms with Gasteiger partial charge < -0.3 is 5.11 Å². The van der Waals surface area contributed by atoms with Crippen molar-refractivity contribution in [2.45, 2.75) is 6.92 Å². The second-order valence-corrected chi connectivity index (χ2v) is 4.66. The molecular weight excluding hydrogens is 266 g/mol. The van der Waals surface area contributed by atoms with E-state index in [4.69, 9.17) is 11.6 Å². The molecule has 0 radical (unpaired) electrons. The van der Waals surface area contributed by atoms with E-state index >= 15 is 0 Å². The van der Waals surface area contributed by atoms with Crippen LogP contribution in [0.15, 0.2) is 30.3 Å². The lowest BCUT2D eigenvalue weighted by atomic mass is 10.2. The topological polar surface area (TPSA) is 70.4 Å². The van der Waals surface area contributed by atoms with Crippen molar-refractivity contribution in [2.24, 2.45) is 0 Å². The van der Waals surface area contributed by atoms with E-state index in [1.807, 2.05) is 18.2 Å². The molecule has 3 rings (SSSR count). The van der Waals surface area contributed by atoms with Crippen LogP contribution < -0.4 is 0 Å². The van der Waals surface area contributed by atoms with Crippen molar-refractivity contribution in [3.8, 4) is 11.3 Å². The third-order valence-corrected chi connectivity index (χ3v) is 3.19. The summed E-state index contributed by atoms with van der Waals surface area (Å²) in [5.41, 5.74) is 2.93. The van der Waals surface area contributed by atoms with Gasteiger partial charge in [0.2, 0.25) is 0 Å². The zero-order valence-corrected chi connectivity index (χ0v) is 10.8. The minimum Gasteiger partial charge on any atom is -0.476 e. The van der Waals surface area contributed by atoms with Crippen molar-refractivity contribution in [1.82, 2.24) is 14.6 Å². The van der Waals surface area contributed by atoms with Gasteiger partial charge >= 0.3 is 5.97 Å². The van der Waals surface area contributed by atoms with Crippen molar-refractivity contribution < 1.29 is 9.90 Å². The van der Waals surface area contributed by atoms with Crippen molar-refractivity contribution in [2.75, 3.05) is 0 Å². The number of hydrogen-bond acceptors (Lipinski definition) is 2. The Balaban J connectivity index is 2.17. The summed E-state index contributed by atoms with van der Waals surface area (Å²) >= 11 is 5.84. The number of H-pyrrole nitrogens is 1. The van der Waals surface area contributed by atoms with Gasteiger partial charge in [0, 0.05) is 11.1 Å². The Kier molecular flexibility index (Phi) is 2.57. The van der Waals surface area contributed by atoms with E-state index in [1.165, 1.54) is 4.52 Å². The molecule has 0 aliphatic heterocycles. The number of carbonyl (C=O) groups is 1. The lowest BCUT2D eigenvalue weighted by Gasteiger charge is -1.98. The maximum atomic E-state index is 11.2. The van der Waals surface area contributed by atoms with Crippen molar-refractivity contribution in [1.29, 1.82) is 0 Å². The minimum absolute atomic E-state index is 0.148. The van der Waals surface area contributed by atoms with Crippen LogP contribution in [0.25, 0.3) is 16.9 Å². The largest absolute Gasteiger partial charge is 0.476 e. The first-order chi connectivity index (χ1) is 9.06. The number of carboxylic acid groups (broad SMARTS) is 1. The van der Waals surface area contributed by atoms with E-state index in [1.54, 1.807) is 19.1 Å². The summed E-state index contributed by atoms with van der Waals surface area (Å²) in [6, 6.07) is 9.10. The van der Waals surface area contributed by atoms with Crippen LogP contribution in [-0.4, -0.2) is 25.7 Å². The van der Waals surface area contributed by atoms with Gasteiger partial charge in [0.1, 0.15) is 0 Å². The fourth-order valence-electron chi connectivity index (χ4n) is 2.07. The predicted molar refractivity (Wildman–Crippen MR) is 71.7 cm³/mol. The molecule has 0 amide bonds. The minimum atomic E-state index is -1.01. The normalized spacial score (nSPS) is 11.1. The number of aromatic carboxylic acids is 1. The summed E-state index contributed by atoms with van der Waals surface area (Å²) in [7, 11) is 0. The number of hydrogen-bond donors (Lipinski definition) is 2. The Hall–Kier alpha value is -2.27. The fourth-order valence-corrected chi connectivity index (χ4v) is 2.20. The molecule has 3 aromatic rings. The Labute approximate surface area is 113 Å². The lowest BCUT2D eigenvalue weighted by Crippen LogP contribution is -2.04. The van der Waals surface area contributed by atoms with Crippen LogP contribution in [0.4, 0.5) is 0 Å². The van der Waals surface area contributed by atoms with Crippen molar-refractivity contribution in [3.05, 3.63) is 46.7 Å². The first-order valence-corrected chi connectivity index (χ1v) is 6.01. The molecule has 2 heterocycles. The van der Waals surface area contributed by atoms with Crippen LogP contribution in [0, 0.1) is 6.92 Å². The molecule has 19 heavy (non-hydrogen) atoms. The number of carboxylic acids is 1. The molecule has 0 spiro atoms. The molecule has 0 atom stereocenters. The molecule has 2 aromatic heterocycles. The van der Waals surface area contributed by atoms with E-state index in [9.17, 15) is 9.90 Å². The van der Waals surface area contributed by atoms with Gasteiger partial charge in [-0.2, -0.15) is 0 Å². The van der Waals surface area contributed by atoms with E-state index in [-0.39, 0.29) is 5.69 Å². The van der Waals surface area contributed by atoms with E-state index in [0.717, 1.165) is 11.3 Å². The monoisotopic (exact) mass is 275 g/mol. The quantitative estimate of drug-likeness (QED) is 0.755. The number of aromatic nitrogens is 3. The number of imidazole rings is 1. The summed E-state index contributed by atoms with van der Waals surface area (Å²) in [6.45, 7) is 1.67. The van der Waals surface area contributed by atoms with Crippen LogP contribution in [-0.2, 0) is 0 Å². The Morgan fingerprint density at radius 2 is 2.05 bits per heavy atom. The van der Waals surface area contributed by atoms with Crippen LogP contribution in [0.2, 0.25) is 5.02 Å².